The molecule has 1 N–H and O–H groups in total. The predicted octanol–water partition coefficient (Wildman–Crippen LogP) is 3.19. The van der Waals surface area contributed by atoms with E-state index in [9.17, 15) is 31.2 Å². The SMILES string of the molecule is COC(=O)[C@@H](Nc1nc(CN2CCN(S(=O)(=O)c3ccc4c(c3)CN(C(=O)C(F)(F)F)CC4)CC2)nc2ccccc12)C(C)C. The maximum absolute atomic E-state index is 13.5. The number of sulfonamides is 1. The molecule has 1 amide bonds. The maximum Gasteiger partial charge on any atom is 0.471 e. The fourth-order valence-corrected chi connectivity index (χ4v) is 7.07. The van der Waals surface area contributed by atoms with Gasteiger partial charge >= 0.3 is 18.1 Å². The summed E-state index contributed by atoms with van der Waals surface area (Å²) in [6.07, 6.45) is -4.78. The Hall–Kier alpha value is -3.82. The minimum Gasteiger partial charge on any atom is -0.467 e. The normalized spacial score (nSPS) is 17.3. The van der Waals surface area contributed by atoms with Crippen LogP contribution in [-0.2, 0) is 43.9 Å². The van der Waals surface area contributed by atoms with E-state index in [0.29, 0.717) is 47.3 Å². The molecule has 1 fully saturated rings. The van der Waals surface area contributed by atoms with E-state index in [-0.39, 0.29) is 43.4 Å². The van der Waals surface area contributed by atoms with Crippen molar-refractivity contribution in [2.75, 3.05) is 45.2 Å². The van der Waals surface area contributed by atoms with Crippen molar-refractivity contribution in [3.8, 4) is 0 Å². The van der Waals surface area contributed by atoms with Gasteiger partial charge in [-0.3, -0.25) is 9.69 Å². The number of halogens is 3. The number of esters is 1. The van der Waals surface area contributed by atoms with Gasteiger partial charge in [0.05, 0.1) is 24.1 Å². The van der Waals surface area contributed by atoms with Crippen LogP contribution in [0.1, 0.15) is 30.8 Å². The average molecular weight is 649 g/mol. The largest absolute Gasteiger partial charge is 0.471 e. The summed E-state index contributed by atoms with van der Waals surface area (Å²) in [4.78, 5) is 36.3. The number of amides is 1. The summed E-state index contributed by atoms with van der Waals surface area (Å²) >= 11 is 0. The molecule has 15 heteroatoms. The van der Waals surface area contributed by atoms with E-state index >= 15 is 0 Å². The lowest BCUT2D eigenvalue weighted by molar-refractivity contribution is -0.186. The summed E-state index contributed by atoms with van der Waals surface area (Å²) in [5, 5.41) is 3.98. The van der Waals surface area contributed by atoms with Crippen LogP contribution in [0.3, 0.4) is 0 Å². The van der Waals surface area contributed by atoms with E-state index in [1.165, 1.54) is 23.5 Å². The monoisotopic (exact) mass is 648 g/mol. The van der Waals surface area contributed by atoms with E-state index in [4.69, 9.17) is 14.7 Å². The van der Waals surface area contributed by atoms with Gasteiger partial charge in [0.25, 0.3) is 0 Å². The van der Waals surface area contributed by atoms with Gasteiger partial charge in [-0.25, -0.2) is 23.2 Å². The van der Waals surface area contributed by atoms with E-state index in [1.54, 1.807) is 6.07 Å². The molecule has 242 valence electrons. The Morgan fingerprint density at radius 1 is 1.00 bits per heavy atom. The summed E-state index contributed by atoms with van der Waals surface area (Å²) < 4.78 is 72.3. The van der Waals surface area contributed by atoms with Crippen LogP contribution in [0.25, 0.3) is 10.9 Å². The highest BCUT2D eigenvalue weighted by molar-refractivity contribution is 7.89. The fraction of sp³-hybridized carbons (Fsp3) is 0.467. The van der Waals surface area contributed by atoms with Crippen molar-refractivity contribution < 1.29 is 35.9 Å². The molecule has 1 atom stereocenters. The molecule has 0 saturated carbocycles. The third-order valence-electron chi connectivity index (χ3n) is 8.12. The molecule has 1 aromatic heterocycles. The molecule has 0 bridgehead atoms. The lowest BCUT2D eigenvalue weighted by Crippen LogP contribution is -2.48. The molecule has 0 spiro atoms. The third kappa shape index (κ3) is 7.05. The van der Waals surface area contributed by atoms with Gasteiger partial charge in [-0.05, 0) is 47.7 Å². The smallest absolute Gasteiger partial charge is 0.467 e. The predicted molar refractivity (Wildman–Crippen MR) is 159 cm³/mol. The van der Waals surface area contributed by atoms with Crippen molar-refractivity contribution in [1.29, 1.82) is 0 Å². The lowest BCUT2D eigenvalue weighted by Gasteiger charge is -2.34. The van der Waals surface area contributed by atoms with Gasteiger partial charge in [0.1, 0.15) is 17.7 Å². The highest BCUT2D eigenvalue weighted by atomic mass is 32.2. The number of nitrogens with one attached hydrogen (secondary N) is 1. The van der Waals surface area contributed by atoms with Crippen LogP contribution >= 0.6 is 0 Å². The van der Waals surface area contributed by atoms with Crippen LogP contribution in [-0.4, -0.2) is 96.4 Å². The summed E-state index contributed by atoms with van der Waals surface area (Å²) in [6.45, 7) is 4.94. The van der Waals surface area contributed by atoms with Crippen molar-refractivity contribution in [1.82, 2.24) is 24.1 Å². The number of benzene rings is 2. The fourth-order valence-electron chi connectivity index (χ4n) is 5.60. The molecule has 3 heterocycles. The molecule has 5 rings (SSSR count). The van der Waals surface area contributed by atoms with E-state index in [2.05, 4.69) is 5.32 Å². The number of rotatable bonds is 8. The number of nitrogens with zero attached hydrogens (tertiary/aromatic N) is 5. The van der Waals surface area contributed by atoms with Crippen molar-refractivity contribution in [3.63, 3.8) is 0 Å². The van der Waals surface area contributed by atoms with E-state index < -0.39 is 34.1 Å². The highest BCUT2D eigenvalue weighted by Crippen LogP contribution is 2.28. The minimum absolute atomic E-state index is 0.0186. The molecular weight excluding hydrogens is 613 g/mol. The second-order valence-corrected chi connectivity index (χ2v) is 13.4. The quantitative estimate of drug-likeness (QED) is 0.367. The third-order valence-corrected chi connectivity index (χ3v) is 10.0. The lowest BCUT2D eigenvalue weighted by atomic mass is 10.00. The molecule has 11 nitrogen and oxygen atoms in total. The van der Waals surface area contributed by atoms with Gasteiger partial charge in [-0.2, -0.15) is 17.5 Å². The molecule has 0 unspecified atom stereocenters. The second kappa shape index (κ2) is 12.9. The number of ether oxygens (including phenoxy) is 1. The van der Waals surface area contributed by atoms with Gasteiger partial charge in [0.15, 0.2) is 0 Å². The number of anilines is 1. The molecule has 45 heavy (non-hydrogen) atoms. The molecule has 0 radical (unpaired) electrons. The highest BCUT2D eigenvalue weighted by Gasteiger charge is 2.43. The number of carbonyl (C=O) groups is 2. The van der Waals surface area contributed by atoms with Gasteiger partial charge in [-0.15, -0.1) is 0 Å². The van der Waals surface area contributed by atoms with Crippen LogP contribution in [0.2, 0.25) is 0 Å². The number of fused-ring (bicyclic) bond motifs is 2. The topological polar surface area (TPSA) is 125 Å². The van der Waals surface area contributed by atoms with E-state index in [1.807, 2.05) is 43.0 Å². The van der Waals surface area contributed by atoms with Crippen LogP contribution < -0.4 is 5.32 Å². The standard InChI is InChI=1S/C30H35F3N6O5S/c1-19(2)26(28(40)44-3)36-27-23-6-4-5-7-24(23)34-25(35-27)18-37-12-14-39(15-13-37)45(42,43)22-9-8-20-10-11-38(17-21(20)16-22)29(41)30(31,32)33/h4-9,16,19,26H,10-15,17-18H2,1-3H3,(H,34,35,36)/t26-/m0/s1. The first-order valence-corrected chi connectivity index (χ1v) is 16.0. The molecule has 2 aliphatic heterocycles. The molecule has 3 aromatic rings. The Labute approximate surface area is 259 Å². The van der Waals surface area contributed by atoms with Crippen LogP contribution in [0, 0.1) is 5.92 Å². The Morgan fingerprint density at radius 3 is 2.38 bits per heavy atom. The van der Waals surface area contributed by atoms with Crippen LogP contribution in [0.5, 0.6) is 0 Å². The number of aromatic nitrogens is 2. The first-order valence-electron chi connectivity index (χ1n) is 14.6. The van der Waals surface area contributed by atoms with Crippen LogP contribution in [0.15, 0.2) is 47.4 Å². The summed E-state index contributed by atoms with van der Waals surface area (Å²) in [6, 6.07) is 11.3. The van der Waals surface area contributed by atoms with Crippen molar-refractivity contribution >= 4 is 38.6 Å². The number of para-hydroxylation sites is 1. The van der Waals surface area contributed by atoms with Crippen LogP contribution in [0.4, 0.5) is 19.0 Å². The zero-order valence-corrected chi connectivity index (χ0v) is 26.0. The maximum atomic E-state index is 13.5. The number of alkyl halides is 3. The zero-order valence-electron chi connectivity index (χ0n) is 25.2. The van der Waals surface area contributed by atoms with Crippen molar-refractivity contribution in [3.05, 3.63) is 59.4 Å². The van der Waals surface area contributed by atoms with E-state index in [0.717, 1.165) is 10.9 Å². The Morgan fingerprint density at radius 2 is 1.71 bits per heavy atom. The first-order chi connectivity index (χ1) is 21.3. The number of hydrogen-bond acceptors (Lipinski definition) is 9. The Kier molecular flexibility index (Phi) is 9.33. The molecule has 0 aliphatic carbocycles. The van der Waals surface area contributed by atoms with Crippen molar-refractivity contribution in [2.24, 2.45) is 5.92 Å². The summed E-state index contributed by atoms with van der Waals surface area (Å²) in [5.74, 6) is -1.39. The Balaban J connectivity index is 1.28. The molecule has 1 saturated heterocycles. The minimum atomic E-state index is -4.99. The second-order valence-electron chi connectivity index (χ2n) is 11.5. The van der Waals surface area contributed by atoms with Gasteiger partial charge in [0.2, 0.25) is 10.0 Å². The first kappa shape index (κ1) is 32.6. The van der Waals surface area contributed by atoms with Crippen molar-refractivity contribution in [2.45, 2.75) is 50.5 Å². The molecule has 2 aromatic carbocycles. The molecule has 2 aliphatic rings. The number of methoxy groups -OCH3 is 1. The molecular formula is C30H35F3N6O5S. The Bertz CT molecular complexity index is 1690. The van der Waals surface area contributed by atoms with Gasteiger partial charge < -0.3 is 15.0 Å². The summed E-state index contributed by atoms with van der Waals surface area (Å²) in [7, 11) is -2.59. The van der Waals surface area contributed by atoms with Gasteiger partial charge in [-0.1, -0.05) is 32.0 Å². The van der Waals surface area contributed by atoms with Gasteiger partial charge in [0, 0.05) is 44.7 Å². The zero-order chi connectivity index (χ0) is 32.5. The number of carbonyl (C=O) groups excluding carboxylic acids is 2. The number of hydrogen-bond donors (Lipinski definition) is 1. The average Bonchev–Trinajstić information content (AvgIpc) is 3.01. The number of piperazine rings is 1. The summed E-state index contributed by atoms with van der Waals surface area (Å²) in [5.41, 5.74) is 1.81.